The van der Waals surface area contributed by atoms with Crippen LogP contribution in [0.5, 0.6) is 0 Å². The number of rotatable bonds is 5. The van der Waals surface area contributed by atoms with Crippen LogP contribution in [0.3, 0.4) is 0 Å². The average Bonchev–Trinajstić information content (AvgIpc) is 2.53. The van der Waals surface area contributed by atoms with E-state index in [4.69, 9.17) is 23.2 Å². The van der Waals surface area contributed by atoms with E-state index in [-0.39, 0.29) is 18.0 Å². The molecule has 2 N–H and O–H groups in total. The number of aliphatic hydroxyl groups excluding tert-OH is 1. The standard InChI is InChI=1S/C16H21Cl2FN2O/c1-11(20-10-12(18)9-17)15-8-13(19)2-3-16(15)21-6-4-14(22)5-7-21/h2-3,8-9,11,14,20,22H,4-7,10H2,1H3/b12-9-. The quantitative estimate of drug-likeness (QED) is 0.851. The van der Waals surface area contributed by atoms with E-state index in [2.05, 4.69) is 10.2 Å². The van der Waals surface area contributed by atoms with Crippen LogP contribution in [0.25, 0.3) is 0 Å². The van der Waals surface area contributed by atoms with Crippen molar-refractivity contribution in [2.45, 2.75) is 31.9 Å². The molecular weight excluding hydrogens is 326 g/mol. The molecule has 0 spiro atoms. The molecule has 0 amide bonds. The molecule has 1 unspecified atom stereocenters. The Bertz CT molecular complexity index is 531. The van der Waals surface area contributed by atoms with E-state index in [1.165, 1.54) is 11.6 Å². The van der Waals surface area contributed by atoms with Crippen LogP contribution in [0, 0.1) is 5.82 Å². The van der Waals surface area contributed by atoms with E-state index < -0.39 is 0 Å². The lowest BCUT2D eigenvalue weighted by Crippen LogP contribution is -2.37. The summed E-state index contributed by atoms with van der Waals surface area (Å²) in [6.07, 6.45) is 1.24. The number of nitrogens with one attached hydrogen (secondary N) is 1. The highest BCUT2D eigenvalue weighted by atomic mass is 35.5. The van der Waals surface area contributed by atoms with Crippen LogP contribution < -0.4 is 10.2 Å². The summed E-state index contributed by atoms with van der Waals surface area (Å²) in [4.78, 5) is 2.19. The first-order chi connectivity index (χ1) is 10.5. The van der Waals surface area contributed by atoms with Gasteiger partial charge in [-0.2, -0.15) is 0 Å². The summed E-state index contributed by atoms with van der Waals surface area (Å²) in [6.45, 7) is 3.94. The lowest BCUT2D eigenvalue weighted by Gasteiger charge is -2.34. The number of anilines is 1. The number of nitrogens with zero attached hydrogens (tertiary/aromatic N) is 1. The van der Waals surface area contributed by atoms with Crippen molar-refractivity contribution in [2.24, 2.45) is 0 Å². The lowest BCUT2D eigenvalue weighted by atomic mass is 10.0. The second kappa shape index (κ2) is 8.16. The van der Waals surface area contributed by atoms with Crippen LogP contribution in [-0.4, -0.2) is 30.8 Å². The Morgan fingerprint density at radius 2 is 2.18 bits per heavy atom. The van der Waals surface area contributed by atoms with E-state index in [9.17, 15) is 9.50 Å². The zero-order valence-electron chi connectivity index (χ0n) is 12.5. The first kappa shape index (κ1) is 17.5. The first-order valence-electron chi connectivity index (χ1n) is 7.42. The number of benzene rings is 1. The maximum absolute atomic E-state index is 13.7. The van der Waals surface area contributed by atoms with E-state index in [1.807, 2.05) is 6.92 Å². The Hall–Kier alpha value is -0.810. The molecule has 2 rings (SSSR count). The zero-order valence-corrected chi connectivity index (χ0v) is 14.0. The minimum Gasteiger partial charge on any atom is -0.393 e. The molecule has 22 heavy (non-hydrogen) atoms. The highest BCUT2D eigenvalue weighted by Crippen LogP contribution is 2.29. The zero-order chi connectivity index (χ0) is 16.1. The highest BCUT2D eigenvalue weighted by Gasteiger charge is 2.21. The third kappa shape index (κ3) is 4.59. The van der Waals surface area contributed by atoms with Crippen molar-refractivity contribution in [3.05, 3.63) is 40.1 Å². The number of aliphatic hydroxyl groups is 1. The molecule has 122 valence electrons. The second-order valence-electron chi connectivity index (χ2n) is 5.58. The largest absolute Gasteiger partial charge is 0.393 e. The Morgan fingerprint density at radius 1 is 1.50 bits per heavy atom. The van der Waals surface area contributed by atoms with Crippen LogP contribution in [0.4, 0.5) is 10.1 Å². The molecule has 0 saturated carbocycles. The van der Waals surface area contributed by atoms with Crippen molar-refractivity contribution in [2.75, 3.05) is 24.5 Å². The maximum Gasteiger partial charge on any atom is 0.123 e. The van der Waals surface area contributed by atoms with Gasteiger partial charge in [-0.15, -0.1) is 0 Å². The Kier molecular flexibility index (Phi) is 6.50. The normalized spacial score (nSPS) is 18.6. The van der Waals surface area contributed by atoms with E-state index in [1.54, 1.807) is 12.1 Å². The molecule has 1 heterocycles. The fourth-order valence-corrected chi connectivity index (χ4v) is 2.82. The predicted molar refractivity (Wildman–Crippen MR) is 90.1 cm³/mol. The molecule has 6 heteroatoms. The van der Waals surface area contributed by atoms with Crippen molar-refractivity contribution in [1.29, 1.82) is 0 Å². The second-order valence-corrected chi connectivity index (χ2v) is 6.28. The van der Waals surface area contributed by atoms with Crippen LogP contribution in [-0.2, 0) is 0 Å². The minimum absolute atomic E-state index is 0.0667. The van der Waals surface area contributed by atoms with Crippen molar-refractivity contribution in [3.8, 4) is 0 Å². The molecule has 1 aliphatic heterocycles. The summed E-state index contributed by atoms with van der Waals surface area (Å²) in [6, 6.07) is 4.76. The van der Waals surface area contributed by atoms with Crippen LogP contribution in [0.15, 0.2) is 28.8 Å². The van der Waals surface area contributed by atoms with Crippen LogP contribution in [0.2, 0.25) is 0 Å². The third-order valence-electron chi connectivity index (χ3n) is 3.96. The third-order valence-corrected chi connectivity index (χ3v) is 4.57. The lowest BCUT2D eigenvalue weighted by molar-refractivity contribution is 0.145. The van der Waals surface area contributed by atoms with Gasteiger partial charge in [0.25, 0.3) is 0 Å². The van der Waals surface area contributed by atoms with Gasteiger partial charge in [-0.25, -0.2) is 4.39 Å². The van der Waals surface area contributed by atoms with Gasteiger partial charge in [0.2, 0.25) is 0 Å². The van der Waals surface area contributed by atoms with Crippen molar-refractivity contribution >= 4 is 28.9 Å². The molecular formula is C16H21Cl2FN2O. The van der Waals surface area contributed by atoms with Crippen LogP contribution in [0.1, 0.15) is 31.4 Å². The molecule has 3 nitrogen and oxygen atoms in total. The molecule has 0 aromatic heterocycles. The van der Waals surface area contributed by atoms with Crippen LogP contribution >= 0.6 is 23.2 Å². The molecule has 1 fully saturated rings. The van der Waals surface area contributed by atoms with Gasteiger partial charge in [0.15, 0.2) is 0 Å². The number of hydrogen-bond acceptors (Lipinski definition) is 3. The molecule has 0 aliphatic carbocycles. The molecule has 0 radical (unpaired) electrons. The summed E-state index contributed by atoms with van der Waals surface area (Å²) in [5.74, 6) is -0.261. The fourth-order valence-electron chi connectivity index (χ4n) is 2.67. The molecule has 1 saturated heterocycles. The molecule has 1 aromatic rings. The molecule has 0 bridgehead atoms. The monoisotopic (exact) mass is 346 g/mol. The molecule has 1 aliphatic rings. The fraction of sp³-hybridized carbons (Fsp3) is 0.500. The van der Waals surface area contributed by atoms with Gasteiger partial charge >= 0.3 is 0 Å². The van der Waals surface area contributed by atoms with Gasteiger partial charge in [-0.1, -0.05) is 23.2 Å². The molecule has 1 atom stereocenters. The maximum atomic E-state index is 13.7. The SMILES string of the molecule is CC(NC/C(Cl)=C/Cl)c1cc(F)ccc1N1CCC(O)CC1. The minimum atomic E-state index is -0.261. The summed E-state index contributed by atoms with van der Waals surface area (Å²) in [7, 11) is 0. The average molecular weight is 347 g/mol. The summed E-state index contributed by atoms with van der Waals surface area (Å²) >= 11 is 11.4. The summed E-state index contributed by atoms with van der Waals surface area (Å²) < 4.78 is 13.7. The number of hydrogen-bond donors (Lipinski definition) is 2. The highest BCUT2D eigenvalue weighted by molar-refractivity contribution is 6.36. The Balaban J connectivity index is 2.16. The number of piperidine rings is 1. The number of halogens is 3. The van der Waals surface area contributed by atoms with E-state index in [0.717, 1.165) is 37.2 Å². The van der Waals surface area contributed by atoms with E-state index >= 15 is 0 Å². The van der Waals surface area contributed by atoms with Gasteiger partial charge in [0.05, 0.1) is 6.10 Å². The van der Waals surface area contributed by atoms with Gasteiger partial charge < -0.3 is 15.3 Å². The van der Waals surface area contributed by atoms with Crippen molar-refractivity contribution < 1.29 is 9.50 Å². The topological polar surface area (TPSA) is 35.5 Å². The summed E-state index contributed by atoms with van der Waals surface area (Å²) in [5, 5.41) is 13.4. The Morgan fingerprint density at radius 3 is 2.82 bits per heavy atom. The van der Waals surface area contributed by atoms with E-state index in [0.29, 0.717) is 11.6 Å². The van der Waals surface area contributed by atoms with Gasteiger partial charge in [0, 0.05) is 41.9 Å². The predicted octanol–water partition coefficient (Wildman–Crippen LogP) is 3.76. The Labute approximate surface area is 140 Å². The van der Waals surface area contributed by atoms with Crippen molar-refractivity contribution in [3.63, 3.8) is 0 Å². The van der Waals surface area contributed by atoms with Gasteiger partial charge in [-0.3, -0.25) is 0 Å². The summed E-state index contributed by atoms with van der Waals surface area (Å²) in [5.41, 5.74) is 3.20. The van der Waals surface area contributed by atoms with Crippen molar-refractivity contribution in [1.82, 2.24) is 5.32 Å². The molecule has 1 aromatic carbocycles. The van der Waals surface area contributed by atoms with Gasteiger partial charge in [0.1, 0.15) is 5.82 Å². The smallest absolute Gasteiger partial charge is 0.123 e. The first-order valence-corrected chi connectivity index (χ1v) is 8.23. The van der Waals surface area contributed by atoms with Gasteiger partial charge in [-0.05, 0) is 43.5 Å².